The van der Waals surface area contributed by atoms with Crippen LogP contribution in [0.15, 0.2) is 54.2 Å². The fourth-order valence-electron chi connectivity index (χ4n) is 3.48. The van der Waals surface area contributed by atoms with Gasteiger partial charge in [0, 0.05) is 6.42 Å². The summed E-state index contributed by atoms with van der Waals surface area (Å²) in [6.45, 7) is 3.55. The Morgan fingerprint density at radius 1 is 1.07 bits per heavy atom. The lowest BCUT2D eigenvalue weighted by Crippen LogP contribution is -2.57. The van der Waals surface area contributed by atoms with Gasteiger partial charge in [0.05, 0.1) is 11.8 Å². The van der Waals surface area contributed by atoms with Crippen molar-refractivity contribution in [1.29, 1.82) is 0 Å². The van der Waals surface area contributed by atoms with Crippen molar-refractivity contribution in [2.75, 3.05) is 0 Å². The van der Waals surface area contributed by atoms with Crippen LogP contribution in [-0.2, 0) is 20.7 Å². The first-order valence-electron chi connectivity index (χ1n) is 8.79. The van der Waals surface area contributed by atoms with E-state index in [1.165, 1.54) is 0 Å². The third kappa shape index (κ3) is 2.97. The summed E-state index contributed by atoms with van der Waals surface area (Å²) in [6.07, 6.45) is 1.73. The van der Waals surface area contributed by atoms with Crippen molar-refractivity contribution in [2.45, 2.75) is 37.8 Å². The summed E-state index contributed by atoms with van der Waals surface area (Å²) in [5, 5.41) is 22.0. The second kappa shape index (κ2) is 6.11. The Bertz CT molecular complexity index is 905. The predicted molar refractivity (Wildman–Crippen MR) is 98.8 cm³/mol. The van der Waals surface area contributed by atoms with Crippen molar-refractivity contribution < 1.29 is 24.5 Å². The highest BCUT2D eigenvalue weighted by molar-refractivity contribution is 5.90. The van der Waals surface area contributed by atoms with Gasteiger partial charge >= 0.3 is 0 Å². The molecule has 6 nitrogen and oxygen atoms in total. The molecule has 0 unspecified atom stereocenters. The number of hydrogen-bond acceptors (Lipinski definition) is 5. The Morgan fingerprint density at radius 3 is 2.30 bits per heavy atom. The molecule has 4 rings (SSSR count). The highest BCUT2D eigenvalue weighted by Gasteiger charge is 2.62. The van der Waals surface area contributed by atoms with E-state index in [0.717, 1.165) is 11.1 Å². The molecular formula is C21H21NO5. The van der Waals surface area contributed by atoms with Gasteiger partial charge in [-0.2, -0.15) is 0 Å². The van der Waals surface area contributed by atoms with Crippen molar-refractivity contribution in [2.24, 2.45) is 0 Å². The highest BCUT2D eigenvalue weighted by atomic mass is 16.8. The van der Waals surface area contributed by atoms with E-state index in [1.807, 2.05) is 6.92 Å². The molecule has 2 saturated heterocycles. The minimum absolute atomic E-state index is 0.165. The molecule has 27 heavy (non-hydrogen) atoms. The second-order valence-corrected chi connectivity index (χ2v) is 7.17. The minimum Gasteiger partial charge on any atom is -0.508 e. The number of nitrogens with one attached hydrogen (secondary N) is 1. The number of amides is 1. The fourth-order valence-corrected chi connectivity index (χ4v) is 3.48. The van der Waals surface area contributed by atoms with E-state index in [1.54, 1.807) is 61.5 Å². The molecular weight excluding hydrogens is 346 g/mol. The Balaban J connectivity index is 1.76. The van der Waals surface area contributed by atoms with Gasteiger partial charge in [0.1, 0.15) is 11.5 Å². The molecule has 0 spiro atoms. The molecule has 0 radical (unpaired) electrons. The molecule has 2 bridgehead atoms. The Labute approximate surface area is 157 Å². The fraction of sp³-hybridized carbons (Fsp3) is 0.286. The van der Waals surface area contributed by atoms with E-state index in [2.05, 4.69) is 5.32 Å². The average molecular weight is 367 g/mol. The van der Waals surface area contributed by atoms with E-state index < -0.39 is 17.5 Å². The van der Waals surface area contributed by atoms with Gasteiger partial charge in [0.15, 0.2) is 5.60 Å². The Morgan fingerprint density at radius 2 is 1.67 bits per heavy atom. The maximum absolute atomic E-state index is 12.6. The quantitative estimate of drug-likeness (QED) is 0.776. The van der Waals surface area contributed by atoms with Crippen molar-refractivity contribution in [1.82, 2.24) is 5.32 Å². The lowest BCUT2D eigenvalue weighted by molar-refractivity contribution is -0.184. The number of morpholine rings is 1. The van der Waals surface area contributed by atoms with Gasteiger partial charge in [-0.15, -0.1) is 0 Å². The number of carbonyl (C=O) groups is 1. The maximum atomic E-state index is 12.6. The molecule has 0 saturated carbocycles. The topological polar surface area (TPSA) is 88.0 Å². The number of benzene rings is 2. The molecule has 6 heteroatoms. The monoisotopic (exact) mass is 367 g/mol. The molecule has 2 aliphatic rings. The van der Waals surface area contributed by atoms with Crippen molar-refractivity contribution in [3.05, 3.63) is 65.4 Å². The number of ether oxygens (including phenoxy) is 2. The molecule has 2 aromatic rings. The van der Waals surface area contributed by atoms with Crippen LogP contribution in [0.3, 0.4) is 0 Å². The van der Waals surface area contributed by atoms with Crippen molar-refractivity contribution >= 4 is 12.0 Å². The van der Waals surface area contributed by atoms with E-state index in [0.29, 0.717) is 12.1 Å². The number of rotatable bonds is 3. The first kappa shape index (κ1) is 17.6. The third-order valence-corrected chi connectivity index (χ3v) is 5.21. The van der Waals surface area contributed by atoms with Gasteiger partial charge in [0.25, 0.3) is 5.91 Å². The van der Waals surface area contributed by atoms with Crippen molar-refractivity contribution in [3.63, 3.8) is 0 Å². The van der Waals surface area contributed by atoms with Crippen LogP contribution in [0.1, 0.15) is 25.0 Å². The van der Waals surface area contributed by atoms with Gasteiger partial charge < -0.3 is 25.0 Å². The first-order chi connectivity index (χ1) is 12.8. The van der Waals surface area contributed by atoms with E-state index >= 15 is 0 Å². The van der Waals surface area contributed by atoms with E-state index in [4.69, 9.17) is 9.47 Å². The van der Waals surface area contributed by atoms with Crippen LogP contribution in [0.4, 0.5) is 0 Å². The van der Waals surface area contributed by atoms with Crippen LogP contribution in [0.5, 0.6) is 11.5 Å². The van der Waals surface area contributed by atoms with Crippen LogP contribution in [-0.4, -0.2) is 33.6 Å². The minimum atomic E-state index is -1.14. The molecule has 140 valence electrons. The molecule has 1 amide bonds. The molecule has 2 fully saturated rings. The number of phenolic OH excluding ortho intramolecular Hbond substituents is 2. The lowest BCUT2D eigenvalue weighted by atomic mass is 9.95. The summed E-state index contributed by atoms with van der Waals surface area (Å²) in [5.74, 6) is -1.05. The molecule has 2 heterocycles. The smallest absolute Gasteiger partial charge is 0.259 e. The molecule has 3 atom stereocenters. The number of fused-ring (bicyclic) bond motifs is 2. The maximum Gasteiger partial charge on any atom is 0.259 e. The highest BCUT2D eigenvalue weighted by Crippen LogP contribution is 2.46. The summed E-state index contributed by atoms with van der Waals surface area (Å²) in [7, 11) is 0. The zero-order chi connectivity index (χ0) is 19.2. The summed E-state index contributed by atoms with van der Waals surface area (Å²) in [4.78, 5) is 12.6. The standard InChI is InChI=1S/C21H21NO5/c1-13-20(2)19(25)22-18(11-14-3-7-16(23)8-4-14)21(26-13,27-20)12-15-5-9-17(24)10-6-15/h3-11,13,23-24H,12H2,1-2H3,(H,22,25)/b18-11-/t13-,20+,21+/m0/s1. The predicted octanol–water partition coefficient (Wildman–Crippen LogP) is 2.70. The van der Waals surface area contributed by atoms with Gasteiger partial charge in [-0.1, -0.05) is 24.3 Å². The van der Waals surface area contributed by atoms with Crippen molar-refractivity contribution in [3.8, 4) is 11.5 Å². The summed E-state index contributed by atoms with van der Waals surface area (Å²) in [6, 6.07) is 13.4. The van der Waals surface area contributed by atoms with Gasteiger partial charge in [-0.25, -0.2) is 0 Å². The lowest BCUT2D eigenvalue weighted by Gasteiger charge is -2.38. The summed E-state index contributed by atoms with van der Waals surface area (Å²) in [5.41, 5.74) is 1.12. The average Bonchev–Trinajstić information content (AvgIpc) is 2.87. The Hall–Kier alpha value is -2.83. The zero-order valence-corrected chi connectivity index (χ0v) is 15.1. The molecule has 2 aliphatic heterocycles. The molecule has 0 aromatic heterocycles. The van der Waals surface area contributed by atoms with Crippen LogP contribution in [0.2, 0.25) is 0 Å². The Kier molecular flexibility index (Phi) is 3.98. The van der Waals surface area contributed by atoms with Crippen LogP contribution in [0.25, 0.3) is 6.08 Å². The van der Waals surface area contributed by atoms with Gasteiger partial charge in [-0.05, 0) is 55.3 Å². The number of aromatic hydroxyl groups is 2. The first-order valence-corrected chi connectivity index (χ1v) is 8.79. The number of hydrogen-bond donors (Lipinski definition) is 3. The zero-order valence-electron chi connectivity index (χ0n) is 15.1. The van der Waals surface area contributed by atoms with Crippen LogP contribution >= 0.6 is 0 Å². The largest absolute Gasteiger partial charge is 0.508 e. The molecule has 3 N–H and O–H groups in total. The van der Waals surface area contributed by atoms with Crippen LogP contribution < -0.4 is 5.32 Å². The van der Waals surface area contributed by atoms with Crippen LogP contribution in [0, 0.1) is 0 Å². The summed E-state index contributed by atoms with van der Waals surface area (Å²) >= 11 is 0. The normalized spacial score (nSPS) is 31.1. The second-order valence-electron chi connectivity index (χ2n) is 7.17. The van der Waals surface area contributed by atoms with Gasteiger partial charge in [-0.3, -0.25) is 4.79 Å². The summed E-state index contributed by atoms with van der Waals surface area (Å²) < 4.78 is 12.4. The molecule has 0 aliphatic carbocycles. The SMILES string of the molecule is C[C@@H]1O[C@]2(Cc3ccc(O)cc3)O[C@@]1(C)C(=O)N/C2=C\c1ccc(O)cc1. The third-order valence-electron chi connectivity index (χ3n) is 5.21. The van der Waals surface area contributed by atoms with Gasteiger partial charge in [0.2, 0.25) is 5.79 Å². The molecule has 2 aromatic carbocycles. The number of phenols is 2. The van der Waals surface area contributed by atoms with E-state index in [-0.39, 0.29) is 17.4 Å². The number of carbonyl (C=O) groups excluding carboxylic acids is 1. The van der Waals surface area contributed by atoms with E-state index in [9.17, 15) is 15.0 Å².